The first-order chi connectivity index (χ1) is 20.3. The zero-order valence-electron chi connectivity index (χ0n) is 25.9. The van der Waals surface area contributed by atoms with Gasteiger partial charge in [0.1, 0.15) is 17.7 Å². The fourth-order valence-corrected chi connectivity index (χ4v) is 6.59. The molecule has 1 unspecified atom stereocenters. The van der Waals surface area contributed by atoms with Crippen LogP contribution in [0.3, 0.4) is 0 Å². The van der Waals surface area contributed by atoms with E-state index in [1.807, 2.05) is 6.92 Å². The molecule has 1 fully saturated rings. The second kappa shape index (κ2) is 14.6. The summed E-state index contributed by atoms with van der Waals surface area (Å²) in [5.74, 6) is 0.0895. The monoisotopic (exact) mass is 598 g/mol. The molecule has 5 rings (SSSR count). The third-order valence-electron chi connectivity index (χ3n) is 9.23. The number of aliphatic hydroxyl groups is 1. The average molecular weight is 599 g/mol. The van der Waals surface area contributed by atoms with E-state index in [1.165, 1.54) is 18.6 Å². The van der Waals surface area contributed by atoms with Crippen LogP contribution in [0.4, 0.5) is 4.39 Å². The van der Waals surface area contributed by atoms with Gasteiger partial charge in [-0.15, -0.1) is 0 Å². The molecule has 3 aromatic rings. The number of halogens is 1. The lowest BCUT2D eigenvalue weighted by atomic mass is 9.90. The second-order valence-corrected chi connectivity index (χ2v) is 12.2. The molecule has 1 saturated heterocycles. The third-order valence-corrected chi connectivity index (χ3v) is 9.23. The Bertz CT molecular complexity index is 1440. The van der Waals surface area contributed by atoms with Crippen LogP contribution in [0.5, 0.6) is 0 Å². The van der Waals surface area contributed by atoms with Crippen molar-refractivity contribution in [3.05, 3.63) is 64.6 Å². The van der Waals surface area contributed by atoms with E-state index in [4.69, 9.17) is 9.26 Å². The Balaban J connectivity index is 0.00000423. The SMILES string of the molecule is CCCCCCCC(=O)OC[N+]1(CCc2c(C)nc3n(c2=O)CCCC3O)CCC(c2noc3cc(F)ccc23)CC1.[CH3-]. The highest BCUT2D eigenvalue weighted by atomic mass is 19.1. The van der Waals surface area contributed by atoms with Gasteiger partial charge in [0.05, 0.1) is 25.3 Å². The molecule has 2 aliphatic heterocycles. The molecule has 43 heavy (non-hydrogen) atoms. The van der Waals surface area contributed by atoms with E-state index in [0.29, 0.717) is 59.5 Å². The Kier molecular flexibility index (Phi) is 11.1. The van der Waals surface area contributed by atoms with Gasteiger partial charge in [-0.2, -0.15) is 0 Å². The number of aromatic nitrogens is 3. The van der Waals surface area contributed by atoms with E-state index in [1.54, 1.807) is 10.6 Å². The number of piperidine rings is 1. The summed E-state index contributed by atoms with van der Waals surface area (Å²) in [7, 11) is 0. The summed E-state index contributed by atoms with van der Waals surface area (Å²) in [5.41, 5.74) is 2.54. The van der Waals surface area contributed by atoms with E-state index >= 15 is 0 Å². The minimum atomic E-state index is -0.706. The van der Waals surface area contributed by atoms with Crippen LogP contribution in [0, 0.1) is 20.2 Å². The number of carbonyl (C=O) groups is 1. The van der Waals surface area contributed by atoms with E-state index < -0.39 is 6.10 Å². The van der Waals surface area contributed by atoms with Crippen molar-refractivity contribution >= 4 is 16.9 Å². The largest absolute Gasteiger partial charge is 0.415 e. The first kappa shape index (κ1) is 32.8. The number of ether oxygens (including phenoxy) is 1. The summed E-state index contributed by atoms with van der Waals surface area (Å²) in [5, 5.41) is 15.5. The van der Waals surface area contributed by atoms with Gasteiger partial charge < -0.3 is 21.8 Å². The number of aryl methyl sites for hydroxylation is 1. The van der Waals surface area contributed by atoms with Gasteiger partial charge in [-0.05, 0) is 38.3 Å². The number of carbonyl (C=O) groups excluding carboxylic acids is 1. The van der Waals surface area contributed by atoms with Crippen LogP contribution < -0.4 is 5.56 Å². The molecule has 0 aliphatic carbocycles. The van der Waals surface area contributed by atoms with Crippen molar-refractivity contribution in [2.45, 2.75) is 103 Å². The van der Waals surface area contributed by atoms with Crippen molar-refractivity contribution in [3.63, 3.8) is 0 Å². The molecule has 9 nitrogen and oxygen atoms in total. The zero-order valence-corrected chi connectivity index (χ0v) is 25.9. The average Bonchev–Trinajstić information content (AvgIpc) is 3.40. The van der Waals surface area contributed by atoms with Crippen molar-refractivity contribution in [1.29, 1.82) is 0 Å². The van der Waals surface area contributed by atoms with Crippen LogP contribution in [0.1, 0.15) is 106 Å². The van der Waals surface area contributed by atoms with Crippen LogP contribution in [0.15, 0.2) is 27.5 Å². The molecule has 236 valence electrons. The maximum absolute atomic E-state index is 13.7. The Hall–Kier alpha value is -3.11. The van der Waals surface area contributed by atoms with Gasteiger partial charge in [-0.25, -0.2) is 9.37 Å². The van der Waals surface area contributed by atoms with Crippen molar-refractivity contribution < 1.29 is 28.0 Å². The Morgan fingerprint density at radius 3 is 2.72 bits per heavy atom. The highest BCUT2D eigenvalue weighted by molar-refractivity contribution is 5.79. The number of aliphatic hydroxyl groups excluding tert-OH is 1. The fraction of sp³-hybridized carbons (Fsp3) is 0.606. The molecule has 0 bridgehead atoms. The number of esters is 1. The molecule has 4 heterocycles. The standard InChI is InChI=1S/C32H44FN4O5.CH3/c1-3-4-5-6-7-10-29(39)41-21-37(19-15-25-22(2)34-31-27(38)9-8-16-36(31)32(25)40)17-13-23(14-18-37)30-26-12-11-24(33)20-28(26)42-35-30;/h11-12,20,23,27,38H,3-10,13-19,21H2,1-2H3;1H3/q+1;-1. The van der Waals surface area contributed by atoms with Gasteiger partial charge >= 0.3 is 5.97 Å². The number of quaternary nitrogens is 1. The maximum Gasteiger partial charge on any atom is 0.310 e. The van der Waals surface area contributed by atoms with Crippen LogP contribution in [-0.4, -0.2) is 56.6 Å². The molecule has 2 aromatic heterocycles. The lowest BCUT2D eigenvalue weighted by Gasteiger charge is -2.42. The zero-order chi connectivity index (χ0) is 29.7. The topological polar surface area (TPSA) is 107 Å². The maximum atomic E-state index is 13.7. The first-order valence-corrected chi connectivity index (χ1v) is 15.6. The van der Waals surface area contributed by atoms with Crippen LogP contribution in [-0.2, 0) is 22.5 Å². The molecule has 0 saturated carbocycles. The lowest BCUT2D eigenvalue weighted by molar-refractivity contribution is -0.948. The highest BCUT2D eigenvalue weighted by Gasteiger charge is 2.37. The first-order valence-electron chi connectivity index (χ1n) is 15.6. The van der Waals surface area contributed by atoms with Gasteiger partial charge in [0.2, 0.25) is 6.73 Å². The number of benzene rings is 1. The van der Waals surface area contributed by atoms with Crippen molar-refractivity contribution in [3.8, 4) is 0 Å². The minimum Gasteiger partial charge on any atom is -0.415 e. The minimum absolute atomic E-state index is 0. The summed E-state index contributed by atoms with van der Waals surface area (Å²) < 4.78 is 27.2. The number of likely N-dealkylation sites (tertiary alicyclic amines) is 1. The van der Waals surface area contributed by atoms with Crippen LogP contribution in [0.2, 0.25) is 0 Å². The molecule has 0 spiro atoms. The van der Waals surface area contributed by atoms with E-state index in [-0.39, 0.29) is 37.4 Å². The molecule has 1 N–H and O–H groups in total. The molecular weight excluding hydrogens is 551 g/mol. The van der Waals surface area contributed by atoms with Crippen LogP contribution >= 0.6 is 0 Å². The van der Waals surface area contributed by atoms with E-state index in [2.05, 4.69) is 17.1 Å². The second-order valence-electron chi connectivity index (χ2n) is 12.2. The number of hydrogen-bond acceptors (Lipinski definition) is 7. The molecule has 10 heteroatoms. The molecule has 1 atom stereocenters. The number of nitrogens with zero attached hydrogens (tertiary/aromatic N) is 4. The Labute approximate surface area is 253 Å². The summed E-state index contributed by atoms with van der Waals surface area (Å²) in [6.45, 7) is 6.99. The molecule has 1 aromatic carbocycles. The Morgan fingerprint density at radius 1 is 1.19 bits per heavy atom. The third kappa shape index (κ3) is 7.52. The summed E-state index contributed by atoms with van der Waals surface area (Å²) in [6, 6.07) is 4.52. The fourth-order valence-electron chi connectivity index (χ4n) is 6.59. The van der Waals surface area contributed by atoms with E-state index in [0.717, 1.165) is 69.1 Å². The van der Waals surface area contributed by atoms with Gasteiger partial charge in [-0.1, -0.05) is 37.8 Å². The van der Waals surface area contributed by atoms with Crippen molar-refractivity contribution in [2.75, 3.05) is 26.4 Å². The summed E-state index contributed by atoms with van der Waals surface area (Å²) in [4.78, 5) is 30.8. The van der Waals surface area contributed by atoms with Crippen molar-refractivity contribution in [2.24, 2.45) is 0 Å². The highest BCUT2D eigenvalue weighted by Crippen LogP contribution is 2.35. The van der Waals surface area contributed by atoms with Crippen LogP contribution in [0.25, 0.3) is 11.0 Å². The lowest BCUT2D eigenvalue weighted by Crippen LogP contribution is -2.55. The number of rotatable bonds is 12. The van der Waals surface area contributed by atoms with Gasteiger partial charge in [0.15, 0.2) is 5.58 Å². The predicted molar refractivity (Wildman–Crippen MR) is 163 cm³/mol. The van der Waals surface area contributed by atoms with Gasteiger partial charge in [0, 0.05) is 60.9 Å². The predicted octanol–water partition coefficient (Wildman–Crippen LogP) is 5.91. The number of unbranched alkanes of at least 4 members (excludes halogenated alkanes) is 4. The molecular formula is C33H47FN4O5. The van der Waals surface area contributed by atoms with Gasteiger partial charge in [-0.3, -0.25) is 18.6 Å². The molecule has 2 aliphatic rings. The Morgan fingerprint density at radius 2 is 1.95 bits per heavy atom. The summed E-state index contributed by atoms with van der Waals surface area (Å²) in [6.07, 6.45) is 8.55. The van der Waals surface area contributed by atoms with Gasteiger partial charge in [0.25, 0.3) is 5.56 Å². The normalized spacial score (nSPS) is 21.8. The number of hydrogen-bond donors (Lipinski definition) is 1. The smallest absolute Gasteiger partial charge is 0.310 e. The number of fused-ring (bicyclic) bond motifs is 2. The molecule has 0 amide bonds. The van der Waals surface area contributed by atoms with E-state index in [9.17, 15) is 19.1 Å². The summed E-state index contributed by atoms with van der Waals surface area (Å²) >= 11 is 0. The quantitative estimate of drug-likeness (QED) is 0.120. The van der Waals surface area contributed by atoms with Crippen molar-refractivity contribution in [1.82, 2.24) is 14.7 Å². The molecule has 0 radical (unpaired) electrons.